The second-order valence-corrected chi connectivity index (χ2v) is 6.79. The minimum atomic E-state index is -3.91. The van der Waals surface area contributed by atoms with Gasteiger partial charge >= 0.3 is 15.6 Å². The van der Waals surface area contributed by atoms with E-state index in [1.165, 1.54) is 0 Å². The Bertz CT molecular complexity index is 374. The standard InChI is InChI=1S/C8H20O7P2.C4H6O2/c1-5-11-16(9,12-6-2)15-17(10,13-7-3)14-8-4;5-3-1-2-4-6/h5-8H2,1-4H3;5-6H,3-4H2. The molecule has 0 rings (SSSR count). The lowest BCUT2D eigenvalue weighted by Gasteiger charge is -2.21. The summed E-state index contributed by atoms with van der Waals surface area (Å²) >= 11 is 0. The predicted octanol–water partition coefficient (Wildman–Crippen LogP) is 2.34. The summed E-state index contributed by atoms with van der Waals surface area (Å²) in [7, 11) is -7.83. The molecule has 0 aromatic heterocycles. The van der Waals surface area contributed by atoms with Crippen molar-refractivity contribution in [2.24, 2.45) is 0 Å². The fraction of sp³-hybridized carbons (Fsp3) is 0.833. The van der Waals surface area contributed by atoms with Crippen molar-refractivity contribution in [1.82, 2.24) is 0 Å². The molecule has 0 unspecified atom stereocenters. The van der Waals surface area contributed by atoms with E-state index < -0.39 is 15.6 Å². The molecule has 9 nitrogen and oxygen atoms in total. The van der Waals surface area contributed by atoms with E-state index in [0.29, 0.717) is 0 Å². The van der Waals surface area contributed by atoms with E-state index in [9.17, 15) is 9.13 Å². The van der Waals surface area contributed by atoms with Gasteiger partial charge in [0.2, 0.25) is 0 Å². The van der Waals surface area contributed by atoms with Gasteiger partial charge in [0.1, 0.15) is 13.2 Å². The van der Waals surface area contributed by atoms with E-state index in [2.05, 4.69) is 11.8 Å². The molecule has 0 saturated carbocycles. The molecule has 2 N–H and O–H groups in total. The van der Waals surface area contributed by atoms with Gasteiger partial charge in [0.05, 0.1) is 26.4 Å². The molecule has 0 bridgehead atoms. The van der Waals surface area contributed by atoms with Crippen LogP contribution in [0.15, 0.2) is 0 Å². The highest BCUT2D eigenvalue weighted by molar-refractivity contribution is 7.62. The molecule has 138 valence electrons. The highest BCUT2D eigenvalue weighted by Crippen LogP contribution is 2.65. The average Bonchev–Trinajstić information content (AvgIpc) is 2.46. The minimum Gasteiger partial charge on any atom is -0.384 e. The Kier molecular flexibility index (Phi) is 16.6. The van der Waals surface area contributed by atoms with Gasteiger partial charge in [-0.3, -0.25) is 18.1 Å². The molecule has 0 atom stereocenters. The van der Waals surface area contributed by atoms with Crippen LogP contribution in [0.1, 0.15) is 27.7 Å². The van der Waals surface area contributed by atoms with Gasteiger partial charge in [-0.15, -0.1) is 0 Å². The van der Waals surface area contributed by atoms with Gasteiger partial charge in [-0.25, -0.2) is 9.13 Å². The van der Waals surface area contributed by atoms with Crippen molar-refractivity contribution >= 4 is 15.6 Å². The maximum absolute atomic E-state index is 12.0. The second-order valence-electron chi connectivity index (χ2n) is 3.32. The summed E-state index contributed by atoms with van der Waals surface area (Å²) in [6, 6.07) is 0. The van der Waals surface area contributed by atoms with Crippen LogP contribution in [0.2, 0.25) is 0 Å². The summed E-state index contributed by atoms with van der Waals surface area (Å²) in [6.07, 6.45) is 0. The van der Waals surface area contributed by atoms with Crippen molar-refractivity contribution in [1.29, 1.82) is 0 Å². The van der Waals surface area contributed by atoms with Crippen LogP contribution in [0.4, 0.5) is 0 Å². The maximum atomic E-state index is 12.0. The molecule has 0 aliphatic rings. The molecule has 0 radical (unpaired) electrons. The van der Waals surface area contributed by atoms with Crippen LogP contribution < -0.4 is 0 Å². The van der Waals surface area contributed by atoms with E-state index in [0.717, 1.165) is 0 Å². The van der Waals surface area contributed by atoms with Gasteiger partial charge in [-0.1, -0.05) is 11.8 Å². The van der Waals surface area contributed by atoms with E-state index >= 15 is 0 Å². The largest absolute Gasteiger partial charge is 0.483 e. The molecular formula is C12H26O9P2. The number of phosphoric ester groups is 2. The number of aliphatic hydroxyl groups excluding tert-OH is 2. The Morgan fingerprint density at radius 3 is 1.13 bits per heavy atom. The van der Waals surface area contributed by atoms with Crippen molar-refractivity contribution in [3.63, 3.8) is 0 Å². The lowest BCUT2D eigenvalue weighted by atomic mass is 10.6. The maximum Gasteiger partial charge on any atom is 0.483 e. The monoisotopic (exact) mass is 376 g/mol. The molecule has 11 heteroatoms. The van der Waals surface area contributed by atoms with Gasteiger partial charge in [-0.2, -0.15) is 4.31 Å². The predicted molar refractivity (Wildman–Crippen MR) is 84.7 cm³/mol. The summed E-state index contributed by atoms with van der Waals surface area (Å²) in [5.74, 6) is 4.51. The summed E-state index contributed by atoms with van der Waals surface area (Å²) < 4.78 is 48.1. The summed E-state index contributed by atoms with van der Waals surface area (Å²) in [6.45, 7) is 6.49. The number of hydrogen-bond acceptors (Lipinski definition) is 9. The first-order valence-corrected chi connectivity index (χ1v) is 9.95. The highest BCUT2D eigenvalue weighted by atomic mass is 31.3. The summed E-state index contributed by atoms with van der Waals surface area (Å²) in [5.41, 5.74) is 0. The molecule has 0 aliphatic carbocycles. The third-order valence-corrected chi connectivity index (χ3v) is 5.53. The van der Waals surface area contributed by atoms with Crippen LogP contribution in [-0.2, 0) is 31.5 Å². The van der Waals surface area contributed by atoms with Crippen LogP contribution in [0, 0.1) is 11.8 Å². The Morgan fingerprint density at radius 2 is 0.957 bits per heavy atom. The lowest BCUT2D eigenvalue weighted by molar-refractivity contribution is 0.119. The molecule has 0 saturated heterocycles. The van der Waals surface area contributed by atoms with E-state index in [-0.39, 0.29) is 39.6 Å². The second kappa shape index (κ2) is 15.3. The van der Waals surface area contributed by atoms with Crippen LogP contribution in [0.25, 0.3) is 0 Å². The fourth-order valence-corrected chi connectivity index (χ4v) is 4.18. The smallest absolute Gasteiger partial charge is 0.384 e. The fourth-order valence-electron chi connectivity index (χ4n) is 1.04. The quantitative estimate of drug-likeness (QED) is 0.437. The Hall–Kier alpha value is -0.260. The number of aliphatic hydroxyl groups is 2. The third kappa shape index (κ3) is 13.8. The normalized spacial score (nSPS) is 11.2. The van der Waals surface area contributed by atoms with Crippen molar-refractivity contribution in [2.75, 3.05) is 39.6 Å². The first-order valence-electron chi connectivity index (χ1n) is 7.03. The average molecular weight is 376 g/mol. The van der Waals surface area contributed by atoms with Crippen molar-refractivity contribution in [3.8, 4) is 11.8 Å². The Morgan fingerprint density at radius 1 is 0.696 bits per heavy atom. The summed E-state index contributed by atoms with van der Waals surface area (Å²) in [5, 5.41) is 15.8. The molecule has 0 heterocycles. The molecule has 0 aromatic rings. The minimum absolute atomic E-state index is 0.0928. The molecular weight excluding hydrogens is 350 g/mol. The van der Waals surface area contributed by atoms with Crippen molar-refractivity contribution < 1.29 is 41.7 Å². The molecule has 0 aliphatic heterocycles. The zero-order chi connectivity index (χ0) is 18.2. The van der Waals surface area contributed by atoms with Gasteiger partial charge in [0, 0.05) is 0 Å². The summed E-state index contributed by atoms with van der Waals surface area (Å²) in [4.78, 5) is 0. The third-order valence-electron chi connectivity index (χ3n) is 1.63. The first kappa shape index (κ1) is 25.0. The van der Waals surface area contributed by atoms with Crippen molar-refractivity contribution in [3.05, 3.63) is 0 Å². The van der Waals surface area contributed by atoms with E-state index in [1.807, 2.05) is 0 Å². The molecule has 0 spiro atoms. The molecule has 0 amide bonds. The zero-order valence-electron chi connectivity index (χ0n) is 13.9. The van der Waals surface area contributed by atoms with Crippen LogP contribution in [0.5, 0.6) is 0 Å². The zero-order valence-corrected chi connectivity index (χ0v) is 15.7. The number of hydrogen-bond donors (Lipinski definition) is 2. The van der Waals surface area contributed by atoms with Gasteiger partial charge < -0.3 is 10.2 Å². The van der Waals surface area contributed by atoms with Gasteiger partial charge in [0.25, 0.3) is 0 Å². The Balaban J connectivity index is 0. The lowest BCUT2D eigenvalue weighted by Crippen LogP contribution is -2.03. The molecule has 0 fully saturated rings. The van der Waals surface area contributed by atoms with Gasteiger partial charge in [-0.05, 0) is 27.7 Å². The van der Waals surface area contributed by atoms with Gasteiger partial charge in [0.15, 0.2) is 0 Å². The van der Waals surface area contributed by atoms with E-state index in [4.69, 9.17) is 32.6 Å². The number of rotatable bonds is 10. The highest BCUT2D eigenvalue weighted by Gasteiger charge is 2.39. The Labute approximate surface area is 137 Å². The van der Waals surface area contributed by atoms with Crippen molar-refractivity contribution in [2.45, 2.75) is 27.7 Å². The van der Waals surface area contributed by atoms with Crippen LogP contribution in [0.3, 0.4) is 0 Å². The van der Waals surface area contributed by atoms with E-state index in [1.54, 1.807) is 27.7 Å². The topological polar surface area (TPSA) is 121 Å². The first-order chi connectivity index (χ1) is 10.9. The SMILES string of the molecule is CCOP(=O)(OCC)OP(=O)(OCC)OCC.OCC#CCO. The number of phosphoric acid groups is 2. The van der Waals surface area contributed by atoms with Crippen LogP contribution >= 0.6 is 15.6 Å². The molecule has 23 heavy (non-hydrogen) atoms. The van der Waals surface area contributed by atoms with Crippen LogP contribution in [-0.4, -0.2) is 49.9 Å². The molecule has 0 aromatic carbocycles.